The molecule has 0 fully saturated rings. The molecule has 1 aromatic heterocycles. The highest BCUT2D eigenvalue weighted by atomic mass is 32.1. The fraction of sp³-hybridized carbons (Fsp3) is 0.231. The predicted molar refractivity (Wildman–Crippen MR) is 67.9 cm³/mol. The molecule has 2 N–H and O–H groups in total. The van der Waals surface area contributed by atoms with E-state index in [2.05, 4.69) is 0 Å². The minimum absolute atomic E-state index is 0.194. The molecule has 90 valence electrons. The lowest BCUT2D eigenvalue weighted by Crippen LogP contribution is -2.12. The summed E-state index contributed by atoms with van der Waals surface area (Å²) in [6.45, 7) is 0. The SMILES string of the molecule is COc1csc(C(N)Cc2ccccc2F)c1. The van der Waals surface area contributed by atoms with Gasteiger partial charge in [-0.3, -0.25) is 0 Å². The number of benzene rings is 1. The van der Waals surface area contributed by atoms with E-state index in [1.54, 1.807) is 19.2 Å². The first-order chi connectivity index (χ1) is 8.20. The number of ether oxygens (including phenoxy) is 1. The summed E-state index contributed by atoms with van der Waals surface area (Å²) in [4.78, 5) is 1.00. The maximum atomic E-state index is 13.5. The van der Waals surface area contributed by atoms with Gasteiger partial charge in [0.15, 0.2) is 0 Å². The van der Waals surface area contributed by atoms with Crippen LogP contribution in [0.1, 0.15) is 16.5 Å². The quantitative estimate of drug-likeness (QED) is 0.906. The van der Waals surface area contributed by atoms with Gasteiger partial charge in [0, 0.05) is 16.3 Å². The summed E-state index contributed by atoms with van der Waals surface area (Å²) in [7, 11) is 1.62. The maximum absolute atomic E-state index is 13.5. The molecule has 0 amide bonds. The van der Waals surface area contributed by atoms with Crippen molar-refractivity contribution in [3.8, 4) is 5.75 Å². The lowest BCUT2D eigenvalue weighted by atomic mass is 10.1. The van der Waals surface area contributed by atoms with Gasteiger partial charge in [0.25, 0.3) is 0 Å². The minimum Gasteiger partial charge on any atom is -0.496 e. The molecule has 1 atom stereocenters. The molecule has 17 heavy (non-hydrogen) atoms. The molecular formula is C13H14FNOS. The summed E-state index contributed by atoms with van der Waals surface area (Å²) >= 11 is 1.53. The van der Waals surface area contributed by atoms with E-state index < -0.39 is 0 Å². The van der Waals surface area contributed by atoms with Gasteiger partial charge in [0.1, 0.15) is 11.6 Å². The third-order valence-electron chi connectivity index (χ3n) is 2.59. The van der Waals surface area contributed by atoms with Crippen LogP contribution in [0.5, 0.6) is 5.75 Å². The first kappa shape index (κ1) is 12.1. The maximum Gasteiger partial charge on any atom is 0.129 e. The Labute approximate surface area is 104 Å². The molecule has 0 aliphatic rings. The number of halogens is 1. The third kappa shape index (κ3) is 2.84. The molecule has 1 aromatic carbocycles. The summed E-state index contributed by atoms with van der Waals surface area (Å²) in [6, 6.07) is 8.42. The van der Waals surface area contributed by atoms with E-state index in [9.17, 15) is 4.39 Å². The second kappa shape index (κ2) is 5.29. The highest BCUT2D eigenvalue weighted by molar-refractivity contribution is 7.10. The zero-order chi connectivity index (χ0) is 12.3. The van der Waals surface area contributed by atoms with Crippen LogP contribution < -0.4 is 10.5 Å². The van der Waals surface area contributed by atoms with Gasteiger partial charge >= 0.3 is 0 Å². The monoisotopic (exact) mass is 251 g/mol. The number of nitrogens with two attached hydrogens (primary N) is 1. The first-order valence-electron chi connectivity index (χ1n) is 5.32. The Hall–Kier alpha value is -1.39. The van der Waals surface area contributed by atoms with Crippen molar-refractivity contribution < 1.29 is 9.13 Å². The summed E-state index contributed by atoms with van der Waals surface area (Å²) < 4.78 is 18.6. The van der Waals surface area contributed by atoms with Crippen LogP contribution in [0, 0.1) is 5.82 Å². The zero-order valence-corrected chi connectivity index (χ0v) is 10.3. The summed E-state index contributed by atoms with van der Waals surface area (Å²) in [5.41, 5.74) is 6.70. The highest BCUT2D eigenvalue weighted by Gasteiger charge is 2.12. The van der Waals surface area contributed by atoms with E-state index in [0.29, 0.717) is 12.0 Å². The average Bonchev–Trinajstić information content (AvgIpc) is 2.81. The first-order valence-corrected chi connectivity index (χ1v) is 6.20. The minimum atomic E-state index is -0.202. The van der Waals surface area contributed by atoms with Gasteiger partial charge in [-0.1, -0.05) is 18.2 Å². The Kier molecular flexibility index (Phi) is 3.76. The lowest BCUT2D eigenvalue weighted by Gasteiger charge is -2.09. The molecule has 0 spiro atoms. The van der Waals surface area contributed by atoms with Crippen LogP contribution in [-0.2, 0) is 6.42 Å². The van der Waals surface area contributed by atoms with Crippen molar-refractivity contribution in [2.24, 2.45) is 5.73 Å². The van der Waals surface area contributed by atoms with E-state index in [-0.39, 0.29) is 11.9 Å². The van der Waals surface area contributed by atoms with Gasteiger partial charge < -0.3 is 10.5 Å². The summed E-state index contributed by atoms with van der Waals surface area (Å²) in [5.74, 6) is 0.598. The van der Waals surface area contributed by atoms with E-state index in [1.165, 1.54) is 17.4 Å². The van der Waals surface area contributed by atoms with Crippen LogP contribution in [0.25, 0.3) is 0 Å². The molecule has 0 aliphatic carbocycles. The number of thiophene rings is 1. The molecule has 0 saturated heterocycles. The molecule has 4 heteroatoms. The fourth-order valence-electron chi connectivity index (χ4n) is 1.64. The van der Waals surface area contributed by atoms with Gasteiger partial charge in [0.2, 0.25) is 0 Å². The Morgan fingerprint density at radius 2 is 2.18 bits per heavy atom. The standard InChI is InChI=1S/C13H14FNOS/c1-16-10-7-13(17-8-10)12(15)6-9-4-2-3-5-11(9)14/h2-5,7-8,12H,6,15H2,1H3. The van der Waals surface area contributed by atoms with E-state index in [1.807, 2.05) is 17.5 Å². The lowest BCUT2D eigenvalue weighted by molar-refractivity contribution is 0.416. The molecule has 2 nitrogen and oxygen atoms in total. The van der Waals surface area contributed by atoms with E-state index in [0.717, 1.165) is 10.6 Å². The Morgan fingerprint density at radius 1 is 1.41 bits per heavy atom. The van der Waals surface area contributed by atoms with Gasteiger partial charge in [-0.15, -0.1) is 11.3 Å². The van der Waals surface area contributed by atoms with Crippen molar-refractivity contribution in [2.45, 2.75) is 12.5 Å². The molecule has 0 saturated carbocycles. The molecule has 0 aliphatic heterocycles. The average molecular weight is 251 g/mol. The molecule has 1 heterocycles. The molecule has 2 rings (SSSR count). The third-order valence-corrected chi connectivity index (χ3v) is 3.64. The van der Waals surface area contributed by atoms with Crippen molar-refractivity contribution in [1.82, 2.24) is 0 Å². The number of hydrogen-bond donors (Lipinski definition) is 1. The number of hydrogen-bond acceptors (Lipinski definition) is 3. The Bertz CT molecular complexity index is 498. The van der Waals surface area contributed by atoms with E-state index >= 15 is 0 Å². The molecular weight excluding hydrogens is 237 g/mol. The van der Waals surface area contributed by atoms with Crippen molar-refractivity contribution >= 4 is 11.3 Å². The topological polar surface area (TPSA) is 35.2 Å². The molecule has 1 unspecified atom stereocenters. The van der Waals surface area contributed by atoms with Crippen LogP contribution in [0.4, 0.5) is 4.39 Å². The normalized spacial score (nSPS) is 12.4. The second-order valence-corrected chi connectivity index (χ2v) is 4.73. The van der Waals surface area contributed by atoms with Crippen molar-refractivity contribution in [1.29, 1.82) is 0 Å². The summed E-state index contributed by atoms with van der Waals surface area (Å²) in [5, 5.41) is 1.90. The smallest absolute Gasteiger partial charge is 0.129 e. The fourth-order valence-corrected chi connectivity index (χ4v) is 2.50. The highest BCUT2D eigenvalue weighted by Crippen LogP contribution is 2.27. The Balaban J connectivity index is 2.11. The summed E-state index contributed by atoms with van der Waals surface area (Å²) in [6.07, 6.45) is 0.496. The van der Waals surface area contributed by atoms with Crippen LogP contribution in [-0.4, -0.2) is 7.11 Å². The molecule has 0 radical (unpaired) electrons. The van der Waals surface area contributed by atoms with Gasteiger partial charge in [0.05, 0.1) is 7.11 Å². The van der Waals surface area contributed by atoms with Gasteiger partial charge in [-0.25, -0.2) is 4.39 Å². The van der Waals surface area contributed by atoms with Crippen LogP contribution >= 0.6 is 11.3 Å². The largest absolute Gasteiger partial charge is 0.496 e. The van der Waals surface area contributed by atoms with Gasteiger partial charge in [-0.2, -0.15) is 0 Å². The van der Waals surface area contributed by atoms with Crippen molar-refractivity contribution in [3.05, 3.63) is 52.0 Å². The second-order valence-electron chi connectivity index (χ2n) is 3.79. The zero-order valence-electron chi connectivity index (χ0n) is 9.52. The molecule has 2 aromatic rings. The number of methoxy groups -OCH3 is 1. The predicted octanol–water partition coefficient (Wildman–Crippen LogP) is 3.14. The van der Waals surface area contributed by atoms with Crippen LogP contribution in [0.2, 0.25) is 0 Å². The molecule has 0 bridgehead atoms. The Morgan fingerprint density at radius 3 is 2.82 bits per heavy atom. The van der Waals surface area contributed by atoms with E-state index in [4.69, 9.17) is 10.5 Å². The van der Waals surface area contributed by atoms with Crippen LogP contribution in [0.3, 0.4) is 0 Å². The van der Waals surface area contributed by atoms with Crippen LogP contribution in [0.15, 0.2) is 35.7 Å². The van der Waals surface area contributed by atoms with Gasteiger partial charge in [-0.05, 0) is 24.1 Å². The van der Waals surface area contributed by atoms with Crippen molar-refractivity contribution in [3.63, 3.8) is 0 Å². The number of rotatable bonds is 4. The van der Waals surface area contributed by atoms with Crippen molar-refractivity contribution in [2.75, 3.05) is 7.11 Å².